The van der Waals surface area contributed by atoms with Gasteiger partial charge in [-0.05, 0) is 36.8 Å². The molecule has 5 aromatic rings. The molecule has 0 aliphatic heterocycles. The van der Waals surface area contributed by atoms with Crippen molar-refractivity contribution >= 4 is 27.8 Å². The highest BCUT2D eigenvalue weighted by Crippen LogP contribution is 2.29. The Morgan fingerprint density at radius 1 is 1.06 bits per heavy atom. The zero-order valence-corrected chi connectivity index (χ0v) is 16.5. The van der Waals surface area contributed by atoms with Crippen LogP contribution in [0.2, 0.25) is 0 Å². The minimum absolute atomic E-state index is 0.135. The molecule has 0 saturated carbocycles. The number of hydrogen-bond donors (Lipinski definition) is 3. The Labute approximate surface area is 177 Å². The maximum absolute atomic E-state index is 12.7. The smallest absolute Gasteiger partial charge is 0.289 e. The molecule has 150 valence electrons. The first-order valence-electron chi connectivity index (χ1n) is 9.72. The van der Waals surface area contributed by atoms with Crippen LogP contribution in [0.1, 0.15) is 34.8 Å². The van der Waals surface area contributed by atoms with E-state index >= 15 is 0 Å². The van der Waals surface area contributed by atoms with Crippen LogP contribution in [0.15, 0.2) is 60.8 Å². The summed E-state index contributed by atoms with van der Waals surface area (Å²) in [6.07, 6.45) is 1.64. The van der Waals surface area contributed by atoms with Gasteiger partial charge in [0.1, 0.15) is 11.8 Å². The third-order valence-electron chi connectivity index (χ3n) is 5.18. The lowest BCUT2D eigenvalue weighted by atomic mass is 10.1. The summed E-state index contributed by atoms with van der Waals surface area (Å²) in [7, 11) is 0. The van der Waals surface area contributed by atoms with E-state index in [1.54, 1.807) is 12.3 Å². The molecule has 1 amide bonds. The summed E-state index contributed by atoms with van der Waals surface area (Å²) in [5.74, 6) is -0.185. The lowest BCUT2D eigenvalue weighted by Gasteiger charge is -2.12. The number of nitrogens with one attached hydrogen (secondary N) is 3. The predicted octanol–water partition coefficient (Wildman–Crippen LogP) is 3.86. The molecule has 0 bridgehead atoms. The summed E-state index contributed by atoms with van der Waals surface area (Å²) in [4.78, 5) is 25.7. The fourth-order valence-electron chi connectivity index (χ4n) is 3.54. The summed E-state index contributed by atoms with van der Waals surface area (Å²) in [5.41, 5.74) is 5.10. The number of H-pyrrole nitrogens is 2. The van der Waals surface area contributed by atoms with E-state index in [9.17, 15) is 4.79 Å². The van der Waals surface area contributed by atoms with Gasteiger partial charge in [0.15, 0.2) is 0 Å². The van der Waals surface area contributed by atoms with Gasteiger partial charge < -0.3 is 10.4 Å². The number of amides is 1. The van der Waals surface area contributed by atoms with Gasteiger partial charge in [-0.2, -0.15) is 5.26 Å². The quantitative estimate of drug-likeness (QED) is 0.417. The summed E-state index contributed by atoms with van der Waals surface area (Å²) in [6, 6.07) is 18.8. The Balaban J connectivity index is 1.47. The summed E-state index contributed by atoms with van der Waals surface area (Å²) < 4.78 is 0. The largest absolute Gasteiger partial charge is 0.343 e. The van der Waals surface area contributed by atoms with Crippen LogP contribution in [0, 0.1) is 11.3 Å². The van der Waals surface area contributed by atoms with Gasteiger partial charge in [0.25, 0.3) is 5.91 Å². The third kappa shape index (κ3) is 3.38. The molecule has 0 unspecified atom stereocenters. The standard InChI is InChI=1S/C23H17N7O/c1-13(14-5-3-2-4-6-14)26-23(31)22-27-19-9-17-18(10-20(19)28-22)29-30-21(17)15-7-8-16(11-24)25-12-15/h2-10,12-13,29-30H,1H3,(H,26,31)/t13-/m1/s1. The van der Waals surface area contributed by atoms with E-state index in [0.717, 1.165) is 27.7 Å². The van der Waals surface area contributed by atoms with Crippen LogP contribution in [0.25, 0.3) is 33.2 Å². The zero-order valence-electron chi connectivity index (χ0n) is 16.5. The summed E-state index contributed by atoms with van der Waals surface area (Å²) in [5, 5.41) is 19.0. The Morgan fingerprint density at radius 3 is 2.55 bits per heavy atom. The fraction of sp³-hybridized carbons (Fsp3) is 0.0870. The number of fused-ring (bicyclic) bond motifs is 2. The van der Waals surface area contributed by atoms with Crippen LogP contribution >= 0.6 is 0 Å². The van der Waals surface area contributed by atoms with Crippen molar-refractivity contribution in [2.24, 2.45) is 0 Å². The van der Waals surface area contributed by atoms with Crippen LogP contribution in [0.5, 0.6) is 0 Å². The van der Waals surface area contributed by atoms with Gasteiger partial charge in [-0.15, -0.1) is 0 Å². The minimum atomic E-state index is -0.320. The average Bonchev–Trinajstić information content (AvgIpc) is 3.41. The van der Waals surface area contributed by atoms with Gasteiger partial charge in [-0.25, -0.2) is 15.0 Å². The molecule has 8 heteroatoms. The SMILES string of the molecule is C[C@@H](NC(=O)c1nc2cc3[nH][nH]c(-c4ccc(C#N)nc4)c3cc2n1)c1ccccc1. The van der Waals surface area contributed by atoms with E-state index in [2.05, 4.69) is 30.5 Å². The molecule has 0 fully saturated rings. The molecule has 5 rings (SSSR count). The van der Waals surface area contributed by atoms with Crippen LogP contribution in [-0.4, -0.2) is 31.1 Å². The maximum atomic E-state index is 12.7. The van der Waals surface area contributed by atoms with Gasteiger partial charge >= 0.3 is 0 Å². The number of imidazole rings is 1. The number of aromatic nitrogens is 5. The fourth-order valence-corrected chi connectivity index (χ4v) is 3.54. The first-order valence-corrected chi connectivity index (χ1v) is 9.72. The number of benzene rings is 2. The van der Waals surface area contributed by atoms with E-state index in [0.29, 0.717) is 16.7 Å². The summed E-state index contributed by atoms with van der Waals surface area (Å²) in [6.45, 7) is 1.92. The maximum Gasteiger partial charge on any atom is 0.289 e. The number of pyridine rings is 1. The number of nitrogens with zero attached hydrogens (tertiary/aromatic N) is 4. The van der Waals surface area contributed by atoms with E-state index in [1.165, 1.54) is 0 Å². The van der Waals surface area contributed by atoms with Crippen LogP contribution in [-0.2, 0) is 0 Å². The highest BCUT2D eigenvalue weighted by Gasteiger charge is 2.18. The summed E-state index contributed by atoms with van der Waals surface area (Å²) >= 11 is 0. The topological polar surface area (TPSA) is 123 Å². The molecule has 0 spiro atoms. The zero-order chi connectivity index (χ0) is 21.4. The van der Waals surface area contributed by atoms with Gasteiger partial charge in [0, 0.05) is 17.1 Å². The van der Waals surface area contributed by atoms with Gasteiger partial charge in [0.05, 0.1) is 28.3 Å². The second-order valence-electron chi connectivity index (χ2n) is 7.21. The van der Waals surface area contributed by atoms with Gasteiger partial charge in [-0.1, -0.05) is 30.3 Å². The first kappa shape index (κ1) is 18.5. The van der Waals surface area contributed by atoms with E-state index in [1.807, 2.05) is 61.5 Å². The monoisotopic (exact) mass is 407 g/mol. The number of nitriles is 1. The molecule has 1 atom stereocenters. The predicted molar refractivity (Wildman–Crippen MR) is 116 cm³/mol. The molecular weight excluding hydrogens is 390 g/mol. The third-order valence-corrected chi connectivity index (χ3v) is 5.18. The molecule has 3 aromatic heterocycles. The Hall–Kier alpha value is -4.51. The van der Waals surface area contributed by atoms with Crippen molar-refractivity contribution in [3.63, 3.8) is 0 Å². The molecule has 3 N–H and O–H groups in total. The van der Waals surface area contributed by atoms with Crippen molar-refractivity contribution in [1.29, 1.82) is 5.26 Å². The van der Waals surface area contributed by atoms with Crippen LogP contribution < -0.4 is 5.32 Å². The molecule has 0 radical (unpaired) electrons. The first-order chi connectivity index (χ1) is 15.1. The normalized spacial score (nSPS) is 12.0. The number of aromatic amines is 2. The number of carbonyl (C=O) groups excluding carboxylic acids is 1. The molecule has 3 heterocycles. The highest BCUT2D eigenvalue weighted by atomic mass is 16.2. The van der Waals surface area contributed by atoms with Gasteiger partial charge in [-0.3, -0.25) is 9.89 Å². The lowest BCUT2D eigenvalue weighted by Crippen LogP contribution is -2.27. The molecule has 8 nitrogen and oxygen atoms in total. The van der Waals surface area contributed by atoms with Crippen LogP contribution in [0.3, 0.4) is 0 Å². The van der Waals surface area contributed by atoms with Crippen LogP contribution in [0.4, 0.5) is 0 Å². The molecule has 2 aromatic carbocycles. The van der Waals surface area contributed by atoms with Gasteiger partial charge in [0.2, 0.25) is 5.82 Å². The van der Waals surface area contributed by atoms with Crippen molar-refractivity contribution in [1.82, 2.24) is 30.5 Å². The molecule has 31 heavy (non-hydrogen) atoms. The van der Waals surface area contributed by atoms with E-state index in [4.69, 9.17) is 5.26 Å². The van der Waals surface area contributed by atoms with E-state index in [-0.39, 0.29) is 17.8 Å². The Bertz CT molecular complexity index is 1440. The number of hydrogen-bond acceptors (Lipinski definition) is 5. The Morgan fingerprint density at radius 2 is 1.84 bits per heavy atom. The number of carbonyl (C=O) groups is 1. The van der Waals surface area contributed by atoms with Crippen molar-refractivity contribution in [2.45, 2.75) is 13.0 Å². The second-order valence-corrected chi connectivity index (χ2v) is 7.21. The minimum Gasteiger partial charge on any atom is -0.343 e. The van der Waals surface area contributed by atoms with E-state index < -0.39 is 0 Å². The van der Waals surface area contributed by atoms with Crippen molar-refractivity contribution in [3.8, 4) is 17.3 Å². The highest BCUT2D eigenvalue weighted by molar-refractivity contribution is 6.02. The van der Waals surface area contributed by atoms with Crippen molar-refractivity contribution in [2.75, 3.05) is 0 Å². The second kappa shape index (κ2) is 7.39. The molecular formula is C23H17N7O. The van der Waals surface area contributed by atoms with Crippen molar-refractivity contribution < 1.29 is 4.79 Å². The molecule has 0 aliphatic carbocycles. The average molecular weight is 407 g/mol. The number of rotatable bonds is 4. The molecule has 0 saturated heterocycles. The lowest BCUT2D eigenvalue weighted by molar-refractivity contribution is 0.0930. The Kier molecular flexibility index (Phi) is 4.41. The van der Waals surface area contributed by atoms with Crippen molar-refractivity contribution in [3.05, 3.63) is 77.9 Å². The molecule has 0 aliphatic rings.